The largest absolute Gasteiger partial charge is 0.459 e. The van der Waals surface area contributed by atoms with E-state index in [0.717, 1.165) is 25.9 Å². The second-order valence-corrected chi connectivity index (χ2v) is 5.09. The Morgan fingerprint density at radius 3 is 1.79 bits per heavy atom. The predicted molar refractivity (Wildman–Crippen MR) is 77.5 cm³/mol. The quantitative estimate of drug-likeness (QED) is 0.733. The number of likely N-dealkylation sites (tertiary alicyclic amines) is 2. The van der Waals surface area contributed by atoms with Crippen LogP contribution in [0.15, 0.2) is 0 Å². The van der Waals surface area contributed by atoms with E-state index in [2.05, 4.69) is 23.8 Å². The molecule has 0 aromatic heterocycles. The van der Waals surface area contributed by atoms with Gasteiger partial charge in [0.1, 0.15) is 0 Å². The van der Waals surface area contributed by atoms with Gasteiger partial charge in [-0.1, -0.05) is 20.8 Å². The molecule has 0 spiro atoms. The van der Waals surface area contributed by atoms with Crippen LogP contribution < -0.4 is 0 Å². The Balaban J connectivity index is 0.00000103. The van der Waals surface area contributed by atoms with Crippen molar-refractivity contribution in [1.82, 2.24) is 9.80 Å². The van der Waals surface area contributed by atoms with Gasteiger partial charge in [-0.05, 0) is 45.3 Å². The summed E-state index contributed by atoms with van der Waals surface area (Å²) in [7, 11) is 3.97. The minimum atomic E-state index is 0. The molecule has 0 saturated carbocycles. The van der Waals surface area contributed by atoms with E-state index in [1.165, 1.54) is 32.5 Å². The third kappa shape index (κ3) is 7.52. The molecule has 2 fully saturated rings. The molecular weight excluding hydrogens is 313 g/mol. The fourth-order valence-electron chi connectivity index (χ4n) is 2.68. The molecule has 0 aromatic rings. The van der Waals surface area contributed by atoms with Gasteiger partial charge in [-0.15, -0.1) is 0 Å². The molecule has 0 N–H and O–H groups in total. The number of ether oxygens (including phenoxy) is 1. The molecule has 2 heterocycles. The second kappa shape index (κ2) is 11.6. The van der Waals surface area contributed by atoms with Gasteiger partial charge >= 0.3 is 0 Å². The van der Waals surface area contributed by atoms with Crippen molar-refractivity contribution in [2.75, 3.05) is 32.7 Å². The van der Waals surface area contributed by atoms with Crippen molar-refractivity contribution >= 4 is 0 Å². The molecule has 0 atom stereocenters. The average Bonchev–Trinajstić information content (AvgIpc) is 2.44. The van der Waals surface area contributed by atoms with E-state index in [1.54, 1.807) is 0 Å². The van der Waals surface area contributed by atoms with Crippen molar-refractivity contribution in [2.24, 2.45) is 0 Å². The van der Waals surface area contributed by atoms with Gasteiger partial charge in [0.2, 0.25) is 0 Å². The van der Waals surface area contributed by atoms with E-state index >= 15 is 0 Å². The van der Waals surface area contributed by atoms with E-state index in [0.29, 0.717) is 12.2 Å². The second-order valence-electron chi connectivity index (χ2n) is 5.09. The first-order valence-corrected chi connectivity index (χ1v) is 7.71. The molecule has 0 bridgehead atoms. The molecule has 0 unspecified atom stereocenters. The number of hydrogen-bond donors (Lipinski definition) is 0. The van der Waals surface area contributed by atoms with Crippen LogP contribution in [0.5, 0.6) is 0 Å². The van der Waals surface area contributed by atoms with Gasteiger partial charge in [0.15, 0.2) is 0 Å². The molecule has 0 aliphatic carbocycles. The number of rotatable bonds is 3. The fourth-order valence-corrected chi connectivity index (χ4v) is 2.68. The van der Waals surface area contributed by atoms with Crippen LogP contribution in [0.4, 0.5) is 0 Å². The first kappa shape index (κ1) is 20.0. The third-order valence-electron chi connectivity index (χ3n) is 3.90. The summed E-state index contributed by atoms with van der Waals surface area (Å²) in [5.41, 5.74) is 0. The number of piperidine rings is 2. The summed E-state index contributed by atoms with van der Waals surface area (Å²) in [4.78, 5) is 4.66. The van der Waals surface area contributed by atoms with Crippen molar-refractivity contribution < 1.29 is 37.4 Å². The van der Waals surface area contributed by atoms with Crippen molar-refractivity contribution in [3.05, 3.63) is 7.05 Å². The molecule has 2 rings (SSSR count). The Morgan fingerprint density at radius 1 is 0.947 bits per heavy atom. The molecule has 2 aliphatic heterocycles. The molecule has 111 valence electrons. The first-order chi connectivity index (χ1) is 8.78. The zero-order valence-corrected chi connectivity index (χ0v) is 15.9. The summed E-state index contributed by atoms with van der Waals surface area (Å²) in [6, 6.07) is 0. The molecule has 3 nitrogen and oxygen atoms in total. The maximum atomic E-state index is 6.19. The molecule has 0 amide bonds. The van der Waals surface area contributed by atoms with E-state index in [4.69, 9.17) is 4.74 Å². The topological polar surface area (TPSA) is 15.7 Å². The molecule has 2 saturated heterocycles. The van der Waals surface area contributed by atoms with Crippen LogP contribution in [0.25, 0.3) is 0 Å². The Bertz CT molecular complexity index is 200. The standard InChI is InChI=1S/C13H25N2O.C2H6.Y/c1-3-15-10-6-13(7-11-15)16-12-4-8-14(2)9-5-12;1-2;/h12-13H,2-11H2,1H3;1-2H3;/q-1;;. The van der Waals surface area contributed by atoms with Crippen LogP contribution in [0.1, 0.15) is 46.5 Å². The van der Waals surface area contributed by atoms with E-state index in [1.807, 2.05) is 13.8 Å². The maximum absolute atomic E-state index is 6.19. The molecule has 2 aliphatic rings. The Hall–Kier alpha value is 0.984. The molecule has 0 aromatic carbocycles. The van der Waals surface area contributed by atoms with Crippen molar-refractivity contribution in [1.29, 1.82) is 0 Å². The Morgan fingerprint density at radius 2 is 1.37 bits per heavy atom. The van der Waals surface area contributed by atoms with Gasteiger partial charge < -0.3 is 14.5 Å². The third-order valence-corrected chi connectivity index (χ3v) is 3.90. The Labute approximate surface area is 145 Å². The van der Waals surface area contributed by atoms with Gasteiger partial charge in [0.05, 0.1) is 12.2 Å². The minimum Gasteiger partial charge on any atom is -0.459 e. The summed E-state index contributed by atoms with van der Waals surface area (Å²) in [5, 5.41) is 0. The number of nitrogens with zero attached hydrogens (tertiary/aromatic N) is 2. The van der Waals surface area contributed by atoms with Crippen molar-refractivity contribution in [3.8, 4) is 0 Å². The monoisotopic (exact) mass is 344 g/mol. The Kier molecular flexibility index (Phi) is 12.2. The maximum Gasteiger partial charge on any atom is 0.0603 e. The minimum absolute atomic E-state index is 0. The van der Waals surface area contributed by atoms with Crippen LogP contribution in [-0.4, -0.2) is 54.7 Å². The predicted octanol–water partition coefficient (Wildman–Crippen LogP) is 2.77. The molecule has 19 heavy (non-hydrogen) atoms. The van der Waals surface area contributed by atoms with Gasteiger partial charge in [-0.3, -0.25) is 7.05 Å². The van der Waals surface area contributed by atoms with E-state index < -0.39 is 0 Å². The van der Waals surface area contributed by atoms with Crippen molar-refractivity contribution in [3.63, 3.8) is 0 Å². The van der Waals surface area contributed by atoms with Gasteiger partial charge in [-0.2, -0.15) is 0 Å². The van der Waals surface area contributed by atoms with Crippen LogP contribution in [0, 0.1) is 7.05 Å². The van der Waals surface area contributed by atoms with Crippen LogP contribution in [0.3, 0.4) is 0 Å². The molecule has 1 radical (unpaired) electrons. The summed E-state index contributed by atoms with van der Waals surface area (Å²) in [6.45, 7) is 12.1. The summed E-state index contributed by atoms with van der Waals surface area (Å²) in [5.74, 6) is 0. The molecule has 4 heteroatoms. The van der Waals surface area contributed by atoms with Crippen LogP contribution in [0.2, 0.25) is 0 Å². The van der Waals surface area contributed by atoms with Gasteiger partial charge in [0.25, 0.3) is 0 Å². The molecular formula is C15H31N2OY-. The normalized spacial score (nSPS) is 23.4. The first-order valence-electron chi connectivity index (χ1n) is 7.71. The summed E-state index contributed by atoms with van der Waals surface area (Å²) < 4.78 is 6.19. The SMILES string of the molecule is CC.[CH2-]N1CCC(OC2CCN(CC)CC2)CC1.[Y]. The van der Waals surface area contributed by atoms with E-state index in [-0.39, 0.29) is 32.7 Å². The van der Waals surface area contributed by atoms with E-state index in [9.17, 15) is 0 Å². The summed E-state index contributed by atoms with van der Waals surface area (Å²) >= 11 is 0. The zero-order chi connectivity index (χ0) is 13.4. The zero-order valence-electron chi connectivity index (χ0n) is 13.1. The smallest absolute Gasteiger partial charge is 0.0603 e. The fraction of sp³-hybridized carbons (Fsp3) is 0.933. The average molecular weight is 344 g/mol. The van der Waals surface area contributed by atoms with Crippen LogP contribution >= 0.6 is 0 Å². The van der Waals surface area contributed by atoms with Crippen LogP contribution in [-0.2, 0) is 37.4 Å². The van der Waals surface area contributed by atoms with Crippen molar-refractivity contribution in [2.45, 2.75) is 58.7 Å². The summed E-state index contributed by atoms with van der Waals surface area (Å²) in [6.07, 6.45) is 5.78. The van der Waals surface area contributed by atoms with Gasteiger partial charge in [-0.25, -0.2) is 0 Å². The number of hydrogen-bond acceptors (Lipinski definition) is 3. The van der Waals surface area contributed by atoms with Gasteiger partial charge in [0, 0.05) is 45.8 Å².